The molecular formula is C19H18N4O2S. The number of benzene rings is 1. The number of primary amides is 1. The zero-order valence-corrected chi connectivity index (χ0v) is 14.9. The molecule has 6 nitrogen and oxygen atoms in total. The van der Waals surface area contributed by atoms with Crippen molar-refractivity contribution in [3.63, 3.8) is 0 Å². The van der Waals surface area contributed by atoms with E-state index in [0.717, 1.165) is 34.3 Å². The lowest BCUT2D eigenvalue weighted by molar-refractivity contribution is -0.123. The summed E-state index contributed by atoms with van der Waals surface area (Å²) in [7, 11) is 0. The van der Waals surface area contributed by atoms with Gasteiger partial charge in [-0.1, -0.05) is 12.1 Å². The van der Waals surface area contributed by atoms with Gasteiger partial charge in [0.25, 0.3) is 5.91 Å². The van der Waals surface area contributed by atoms with Crippen molar-refractivity contribution in [2.24, 2.45) is 11.7 Å². The zero-order valence-electron chi connectivity index (χ0n) is 14.1. The number of nitrogens with zero attached hydrogens (tertiary/aromatic N) is 3. The van der Waals surface area contributed by atoms with E-state index in [1.807, 2.05) is 29.6 Å². The molecule has 0 radical (unpaired) electrons. The van der Waals surface area contributed by atoms with Crippen molar-refractivity contribution in [1.82, 2.24) is 14.9 Å². The molecule has 1 aliphatic rings. The van der Waals surface area contributed by atoms with E-state index in [4.69, 9.17) is 5.73 Å². The van der Waals surface area contributed by atoms with Gasteiger partial charge in [-0.3, -0.25) is 9.59 Å². The lowest BCUT2D eigenvalue weighted by atomic mass is 9.96. The van der Waals surface area contributed by atoms with Crippen molar-refractivity contribution in [3.05, 3.63) is 47.6 Å². The van der Waals surface area contributed by atoms with E-state index >= 15 is 0 Å². The molecule has 0 saturated carbocycles. The van der Waals surface area contributed by atoms with Gasteiger partial charge in [0, 0.05) is 24.2 Å². The van der Waals surface area contributed by atoms with Crippen LogP contribution in [0, 0.1) is 5.92 Å². The second-order valence-electron chi connectivity index (χ2n) is 6.43. The zero-order chi connectivity index (χ0) is 18.1. The monoisotopic (exact) mass is 366 g/mol. The van der Waals surface area contributed by atoms with Crippen LogP contribution in [0.3, 0.4) is 0 Å². The van der Waals surface area contributed by atoms with E-state index in [2.05, 4.69) is 9.97 Å². The van der Waals surface area contributed by atoms with Crippen LogP contribution in [0.25, 0.3) is 21.5 Å². The van der Waals surface area contributed by atoms with Gasteiger partial charge in [-0.25, -0.2) is 9.97 Å². The quantitative estimate of drug-likeness (QED) is 0.772. The molecule has 0 spiro atoms. The summed E-state index contributed by atoms with van der Waals surface area (Å²) >= 11 is 1.58. The topological polar surface area (TPSA) is 89.2 Å². The summed E-state index contributed by atoms with van der Waals surface area (Å²) in [6, 6.07) is 9.42. The fourth-order valence-corrected chi connectivity index (χ4v) is 4.23. The number of likely N-dealkylation sites (tertiary alicyclic amines) is 1. The van der Waals surface area contributed by atoms with Gasteiger partial charge in [0.2, 0.25) is 5.91 Å². The van der Waals surface area contributed by atoms with Gasteiger partial charge in [0.1, 0.15) is 6.33 Å². The van der Waals surface area contributed by atoms with Crippen molar-refractivity contribution in [1.29, 1.82) is 0 Å². The molecule has 132 valence electrons. The largest absolute Gasteiger partial charge is 0.369 e. The molecule has 3 heterocycles. The molecule has 2 N–H and O–H groups in total. The number of aromatic nitrogens is 2. The highest BCUT2D eigenvalue weighted by molar-refractivity contribution is 7.17. The number of piperidine rings is 1. The molecule has 4 rings (SSSR count). The van der Waals surface area contributed by atoms with Gasteiger partial charge in [-0.15, -0.1) is 11.3 Å². The number of nitrogens with two attached hydrogens (primary N) is 1. The summed E-state index contributed by atoms with van der Waals surface area (Å²) in [6.45, 7) is 1.04. The van der Waals surface area contributed by atoms with Crippen LogP contribution in [-0.2, 0) is 4.79 Å². The molecule has 1 aromatic carbocycles. The fourth-order valence-electron chi connectivity index (χ4n) is 3.37. The highest BCUT2D eigenvalue weighted by atomic mass is 32.1. The average Bonchev–Trinajstić information content (AvgIpc) is 3.16. The maximum Gasteiger partial charge on any atom is 0.253 e. The van der Waals surface area contributed by atoms with E-state index in [-0.39, 0.29) is 17.7 Å². The smallest absolute Gasteiger partial charge is 0.253 e. The van der Waals surface area contributed by atoms with Crippen molar-refractivity contribution < 1.29 is 9.59 Å². The lowest BCUT2D eigenvalue weighted by Gasteiger charge is -2.31. The van der Waals surface area contributed by atoms with Gasteiger partial charge >= 0.3 is 0 Å². The minimum Gasteiger partial charge on any atom is -0.369 e. The van der Waals surface area contributed by atoms with Crippen LogP contribution in [0.1, 0.15) is 23.2 Å². The Morgan fingerprint density at radius 2 is 2.12 bits per heavy atom. The molecular weight excluding hydrogens is 348 g/mol. The molecule has 0 bridgehead atoms. The number of thiophene rings is 1. The highest BCUT2D eigenvalue weighted by Gasteiger charge is 2.27. The van der Waals surface area contributed by atoms with E-state index in [9.17, 15) is 9.59 Å². The first-order valence-electron chi connectivity index (χ1n) is 8.50. The Labute approximate surface area is 154 Å². The number of carbonyl (C=O) groups is 2. The second kappa shape index (κ2) is 6.84. The summed E-state index contributed by atoms with van der Waals surface area (Å²) in [5.41, 5.74) is 8.63. The molecule has 1 atom stereocenters. The average molecular weight is 366 g/mol. The Balaban J connectivity index is 1.64. The fraction of sp³-hybridized carbons (Fsp3) is 0.263. The predicted molar refractivity (Wildman–Crippen MR) is 101 cm³/mol. The molecule has 0 aliphatic carbocycles. The molecule has 1 fully saturated rings. The van der Waals surface area contributed by atoms with E-state index in [1.54, 1.807) is 28.6 Å². The number of hydrogen-bond donors (Lipinski definition) is 1. The van der Waals surface area contributed by atoms with Crippen LogP contribution >= 0.6 is 11.3 Å². The molecule has 1 unspecified atom stereocenters. The standard InChI is InChI=1S/C19H18N4O2S/c20-18(24)14-5-2-7-23(10-14)19(25)13-4-1-3-12(9-13)16-17-15(6-8-26-17)21-11-22-16/h1,3-4,6,8-9,11,14H,2,5,7,10H2,(H2,20,24). The first-order chi connectivity index (χ1) is 12.6. The van der Waals surface area contributed by atoms with Crippen LogP contribution in [0.15, 0.2) is 42.0 Å². The van der Waals surface area contributed by atoms with Crippen molar-refractivity contribution in [2.45, 2.75) is 12.8 Å². The highest BCUT2D eigenvalue weighted by Crippen LogP contribution is 2.30. The summed E-state index contributed by atoms with van der Waals surface area (Å²) in [4.78, 5) is 34.8. The third-order valence-electron chi connectivity index (χ3n) is 4.74. The summed E-state index contributed by atoms with van der Waals surface area (Å²) < 4.78 is 1.00. The Morgan fingerprint density at radius 1 is 1.23 bits per heavy atom. The third kappa shape index (κ3) is 3.06. The van der Waals surface area contributed by atoms with Gasteiger partial charge in [0.05, 0.1) is 21.8 Å². The lowest BCUT2D eigenvalue weighted by Crippen LogP contribution is -2.44. The first-order valence-corrected chi connectivity index (χ1v) is 9.38. The van der Waals surface area contributed by atoms with Gasteiger partial charge in [-0.2, -0.15) is 0 Å². The third-order valence-corrected chi connectivity index (χ3v) is 5.65. The second-order valence-corrected chi connectivity index (χ2v) is 7.35. The Bertz CT molecular complexity index is 984. The maximum absolute atomic E-state index is 12.9. The van der Waals surface area contributed by atoms with Gasteiger partial charge in [0.15, 0.2) is 0 Å². The number of hydrogen-bond acceptors (Lipinski definition) is 5. The number of fused-ring (bicyclic) bond motifs is 1. The molecule has 7 heteroatoms. The Morgan fingerprint density at radius 3 is 2.96 bits per heavy atom. The Kier molecular flexibility index (Phi) is 4.38. The predicted octanol–water partition coefficient (Wildman–Crippen LogP) is 2.70. The van der Waals surface area contributed by atoms with Gasteiger partial charge in [-0.05, 0) is 36.4 Å². The first kappa shape index (κ1) is 16.7. The van der Waals surface area contributed by atoms with Gasteiger partial charge < -0.3 is 10.6 Å². The normalized spacial score (nSPS) is 17.4. The number of amides is 2. The number of rotatable bonds is 3. The van der Waals surface area contributed by atoms with Crippen LogP contribution in [0.2, 0.25) is 0 Å². The minimum atomic E-state index is -0.336. The molecule has 3 aromatic rings. The van der Waals surface area contributed by atoms with Crippen molar-refractivity contribution in [2.75, 3.05) is 13.1 Å². The SMILES string of the molecule is NC(=O)C1CCCN(C(=O)c2cccc(-c3ncnc4ccsc34)c2)C1. The summed E-state index contributed by atoms with van der Waals surface area (Å²) in [5.74, 6) is -0.671. The molecule has 2 aromatic heterocycles. The molecule has 1 saturated heterocycles. The molecule has 26 heavy (non-hydrogen) atoms. The summed E-state index contributed by atoms with van der Waals surface area (Å²) in [5, 5.41) is 1.98. The van der Waals surface area contributed by atoms with Crippen LogP contribution in [-0.4, -0.2) is 39.8 Å². The number of carbonyl (C=O) groups excluding carboxylic acids is 2. The van der Waals surface area contributed by atoms with E-state index in [1.165, 1.54) is 0 Å². The van der Waals surface area contributed by atoms with E-state index in [0.29, 0.717) is 18.7 Å². The minimum absolute atomic E-state index is 0.0747. The Hall–Kier alpha value is -2.80. The van der Waals surface area contributed by atoms with Crippen molar-refractivity contribution >= 4 is 33.4 Å². The van der Waals surface area contributed by atoms with Crippen LogP contribution in [0.4, 0.5) is 0 Å². The van der Waals surface area contributed by atoms with Crippen LogP contribution in [0.5, 0.6) is 0 Å². The maximum atomic E-state index is 12.9. The van der Waals surface area contributed by atoms with Crippen LogP contribution < -0.4 is 5.73 Å². The molecule has 2 amide bonds. The van der Waals surface area contributed by atoms with Crippen molar-refractivity contribution in [3.8, 4) is 11.3 Å². The van der Waals surface area contributed by atoms with E-state index < -0.39 is 0 Å². The summed E-state index contributed by atoms with van der Waals surface area (Å²) in [6.07, 6.45) is 3.08. The molecule has 1 aliphatic heterocycles.